The highest BCUT2D eigenvalue weighted by molar-refractivity contribution is 7.92. The van der Waals surface area contributed by atoms with Crippen molar-refractivity contribution in [2.75, 3.05) is 4.72 Å². The van der Waals surface area contributed by atoms with E-state index in [2.05, 4.69) is 10.0 Å². The Morgan fingerprint density at radius 3 is 2.25 bits per heavy atom. The average Bonchev–Trinajstić information content (AvgIpc) is 2.76. The summed E-state index contributed by atoms with van der Waals surface area (Å²) in [4.78, 5) is 13.1. The molecule has 0 aliphatic rings. The van der Waals surface area contributed by atoms with Crippen LogP contribution in [0, 0.1) is 27.7 Å². The van der Waals surface area contributed by atoms with Crippen LogP contribution >= 0.6 is 0 Å². The predicted octanol–water partition coefficient (Wildman–Crippen LogP) is 5.60. The van der Waals surface area contributed by atoms with E-state index in [9.17, 15) is 13.2 Å². The first kappa shape index (κ1) is 23.5. The molecule has 0 saturated heterocycles. The fourth-order valence-corrected chi connectivity index (χ4v) is 4.95. The Balaban J connectivity index is 1.87. The third kappa shape index (κ3) is 5.19. The summed E-state index contributed by atoms with van der Waals surface area (Å²) in [6.45, 7) is 9.55. The predicted molar refractivity (Wildman–Crippen MR) is 130 cm³/mol. The van der Waals surface area contributed by atoms with Crippen molar-refractivity contribution in [3.63, 3.8) is 0 Å². The van der Waals surface area contributed by atoms with Crippen molar-refractivity contribution < 1.29 is 13.2 Å². The summed E-state index contributed by atoms with van der Waals surface area (Å²) in [6, 6.07) is 18.1. The Morgan fingerprint density at radius 2 is 1.59 bits per heavy atom. The molecule has 0 radical (unpaired) electrons. The summed E-state index contributed by atoms with van der Waals surface area (Å²) >= 11 is 0. The molecule has 0 saturated carbocycles. The van der Waals surface area contributed by atoms with Crippen LogP contribution in [0.15, 0.2) is 65.6 Å². The summed E-state index contributed by atoms with van der Waals surface area (Å²) in [5.74, 6) is -0.305. The van der Waals surface area contributed by atoms with Gasteiger partial charge in [-0.3, -0.25) is 9.52 Å². The van der Waals surface area contributed by atoms with Gasteiger partial charge in [0.15, 0.2) is 0 Å². The smallest absolute Gasteiger partial charge is 0.262 e. The summed E-state index contributed by atoms with van der Waals surface area (Å²) in [5.41, 5.74) is 5.45. The molecule has 0 unspecified atom stereocenters. The minimum atomic E-state index is -3.86. The molecule has 1 atom stereocenters. The molecule has 0 fully saturated rings. The summed E-state index contributed by atoms with van der Waals surface area (Å²) in [7, 11) is -3.86. The number of anilines is 1. The van der Waals surface area contributed by atoms with E-state index >= 15 is 0 Å². The number of amides is 1. The molecule has 6 heteroatoms. The van der Waals surface area contributed by atoms with Gasteiger partial charge in [-0.1, -0.05) is 55.0 Å². The maximum absolute atomic E-state index is 13.1. The Labute approximate surface area is 190 Å². The molecular weight excluding hydrogens is 420 g/mol. The van der Waals surface area contributed by atoms with Gasteiger partial charge >= 0.3 is 0 Å². The van der Waals surface area contributed by atoms with Gasteiger partial charge in [0.2, 0.25) is 0 Å². The molecule has 3 aromatic rings. The van der Waals surface area contributed by atoms with Crippen LogP contribution in [0.2, 0.25) is 0 Å². The highest BCUT2D eigenvalue weighted by atomic mass is 32.2. The van der Waals surface area contributed by atoms with Crippen LogP contribution < -0.4 is 10.0 Å². The van der Waals surface area contributed by atoms with Crippen LogP contribution in [0.1, 0.15) is 57.6 Å². The molecule has 5 nitrogen and oxygen atoms in total. The van der Waals surface area contributed by atoms with E-state index in [0.717, 1.165) is 28.7 Å². The molecule has 0 aliphatic heterocycles. The molecule has 0 heterocycles. The quantitative estimate of drug-likeness (QED) is 0.492. The van der Waals surface area contributed by atoms with Crippen molar-refractivity contribution in [2.24, 2.45) is 0 Å². The number of sulfonamides is 1. The molecule has 0 spiro atoms. The van der Waals surface area contributed by atoms with Crippen LogP contribution in [0.4, 0.5) is 5.69 Å². The third-order valence-corrected chi connectivity index (χ3v) is 7.29. The molecule has 0 aliphatic carbocycles. The van der Waals surface area contributed by atoms with Gasteiger partial charge in [-0.25, -0.2) is 8.42 Å². The number of hydrogen-bond donors (Lipinski definition) is 2. The molecule has 3 rings (SSSR count). The minimum Gasteiger partial charge on any atom is -0.345 e. The third-order valence-electron chi connectivity index (χ3n) is 5.78. The first-order valence-electron chi connectivity index (χ1n) is 10.7. The highest BCUT2D eigenvalue weighted by Crippen LogP contribution is 2.25. The van der Waals surface area contributed by atoms with Crippen molar-refractivity contribution in [2.45, 2.75) is 52.0 Å². The van der Waals surface area contributed by atoms with Gasteiger partial charge in [-0.15, -0.1) is 0 Å². The van der Waals surface area contributed by atoms with Gasteiger partial charge in [0.1, 0.15) is 0 Å². The number of rotatable bonds is 7. The summed E-state index contributed by atoms with van der Waals surface area (Å²) < 4.78 is 29.0. The fourth-order valence-electron chi connectivity index (χ4n) is 3.55. The highest BCUT2D eigenvalue weighted by Gasteiger charge is 2.21. The topological polar surface area (TPSA) is 75.3 Å². The van der Waals surface area contributed by atoms with Crippen molar-refractivity contribution >= 4 is 21.6 Å². The molecule has 0 aromatic heterocycles. The maximum atomic E-state index is 13.1. The number of hydrogen-bond acceptors (Lipinski definition) is 3. The van der Waals surface area contributed by atoms with Crippen LogP contribution in [-0.2, 0) is 10.0 Å². The normalized spacial score (nSPS) is 12.3. The standard InChI is InChI=1S/C26H30N2O3S/c1-6-23(21-13-10-17(2)11-14-21)27-26(29)22-15-12-19(4)25(16-22)32(30,31)28-24-9-7-8-18(3)20(24)5/h7-16,23,28H,6H2,1-5H3,(H,27,29)/t23-/m0/s1. The maximum Gasteiger partial charge on any atom is 0.262 e. The molecule has 1 amide bonds. The molecule has 0 bridgehead atoms. The number of carbonyl (C=O) groups is 1. The van der Waals surface area contributed by atoms with E-state index < -0.39 is 10.0 Å². The van der Waals surface area contributed by atoms with Crippen molar-refractivity contribution in [1.29, 1.82) is 0 Å². The average molecular weight is 451 g/mol. The Morgan fingerprint density at radius 1 is 0.906 bits per heavy atom. The molecule has 3 aromatic carbocycles. The Hall–Kier alpha value is -3.12. The van der Waals surface area contributed by atoms with Crippen LogP contribution in [0.3, 0.4) is 0 Å². The number of benzene rings is 3. The van der Waals surface area contributed by atoms with Crippen molar-refractivity contribution in [3.8, 4) is 0 Å². The van der Waals surface area contributed by atoms with Crippen molar-refractivity contribution in [3.05, 3.63) is 94.0 Å². The van der Waals surface area contributed by atoms with Gasteiger partial charge in [0, 0.05) is 5.56 Å². The van der Waals surface area contributed by atoms with Crippen LogP contribution in [0.5, 0.6) is 0 Å². The van der Waals surface area contributed by atoms with E-state index in [1.807, 2.05) is 64.1 Å². The molecular formula is C26H30N2O3S. The Kier molecular flexibility index (Phi) is 7.04. The van der Waals surface area contributed by atoms with E-state index in [0.29, 0.717) is 16.8 Å². The number of carbonyl (C=O) groups excluding carboxylic acids is 1. The lowest BCUT2D eigenvalue weighted by Gasteiger charge is -2.19. The van der Waals surface area contributed by atoms with E-state index in [1.165, 1.54) is 6.07 Å². The summed E-state index contributed by atoms with van der Waals surface area (Å²) in [5, 5.41) is 3.03. The zero-order valence-electron chi connectivity index (χ0n) is 19.2. The first-order valence-corrected chi connectivity index (χ1v) is 12.2. The first-order chi connectivity index (χ1) is 15.1. The minimum absolute atomic E-state index is 0.0921. The molecule has 168 valence electrons. The zero-order chi connectivity index (χ0) is 23.5. The van der Waals surface area contributed by atoms with Crippen LogP contribution in [0.25, 0.3) is 0 Å². The lowest BCUT2D eigenvalue weighted by Crippen LogP contribution is -2.28. The van der Waals surface area contributed by atoms with E-state index in [1.54, 1.807) is 25.1 Å². The second kappa shape index (κ2) is 9.57. The largest absolute Gasteiger partial charge is 0.345 e. The van der Waals surface area contributed by atoms with Gasteiger partial charge in [-0.05, 0) is 74.6 Å². The van der Waals surface area contributed by atoms with Crippen molar-refractivity contribution in [1.82, 2.24) is 5.32 Å². The van der Waals surface area contributed by atoms with E-state index in [-0.39, 0.29) is 16.8 Å². The number of nitrogens with one attached hydrogen (secondary N) is 2. The van der Waals surface area contributed by atoms with Gasteiger partial charge in [0.05, 0.1) is 16.6 Å². The molecule has 32 heavy (non-hydrogen) atoms. The fraction of sp³-hybridized carbons (Fsp3) is 0.269. The van der Waals surface area contributed by atoms with Crippen LogP contribution in [-0.4, -0.2) is 14.3 Å². The van der Waals surface area contributed by atoms with Gasteiger partial charge < -0.3 is 5.32 Å². The summed E-state index contributed by atoms with van der Waals surface area (Å²) in [6.07, 6.45) is 0.722. The number of aryl methyl sites for hydroxylation is 3. The monoisotopic (exact) mass is 450 g/mol. The zero-order valence-corrected chi connectivity index (χ0v) is 20.0. The Bertz CT molecular complexity index is 1230. The second-order valence-corrected chi connectivity index (χ2v) is 9.83. The SMILES string of the molecule is CC[C@H](NC(=O)c1ccc(C)c(S(=O)(=O)Nc2cccc(C)c2C)c1)c1ccc(C)cc1. The van der Waals surface area contributed by atoms with Gasteiger partial charge in [0.25, 0.3) is 15.9 Å². The second-order valence-electron chi connectivity index (χ2n) is 8.18. The van der Waals surface area contributed by atoms with E-state index in [4.69, 9.17) is 0 Å². The lowest BCUT2D eigenvalue weighted by atomic mass is 10.0. The molecule has 2 N–H and O–H groups in total. The van der Waals surface area contributed by atoms with Gasteiger partial charge in [-0.2, -0.15) is 0 Å². The lowest BCUT2D eigenvalue weighted by molar-refractivity contribution is 0.0935.